The molecule has 0 aliphatic carbocycles. The molecule has 2 N–H and O–H groups in total. The van der Waals surface area contributed by atoms with Gasteiger partial charge in [-0.1, -0.05) is 18.2 Å². The molecule has 0 fully saturated rings. The highest BCUT2D eigenvalue weighted by atomic mass is 16.2. The van der Waals surface area contributed by atoms with Gasteiger partial charge in [0.15, 0.2) is 0 Å². The first-order chi connectivity index (χ1) is 9.75. The van der Waals surface area contributed by atoms with Crippen molar-refractivity contribution < 1.29 is 4.79 Å². The van der Waals surface area contributed by atoms with Gasteiger partial charge in [0.2, 0.25) is 5.95 Å². The van der Waals surface area contributed by atoms with E-state index in [1.165, 1.54) is 0 Å². The standard InChI is InChI=1S/C14H13N5O/c1-19-11-6-3-2-5-10(11)9-12(19)13(20)17-18-14-15-7-4-8-16-14/h2-9H,1H3,(H,17,20)(H,15,16,18). The summed E-state index contributed by atoms with van der Waals surface area (Å²) in [6.07, 6.45) is 3.19. The smallest absolute Gasteiger partial charge is 0.286 e. The lowest BCUT2D eigenvalue weighted by molar-refractivity contribution is 0.0954. The summed E-state index contributed by atoms with van der Waals surface area (Å²) in [5.74, 6) is 0.107. The number of para-hydroxylation sites is 1. The van der Waals surface area contributed by atoms with Crippen LogP contribution in [0.25, 0.3) is 10.9 Å². The third-order valence-electron chi connectivity index (χ3n) is 3.04. The Morgan fingerprint density at radius 2 is 1.90 bits per heavy atom. The second kappa shape index (κ2) is 5.00. The molecule has 2 aromatic heterocycles. The van der Waals surface area contributed by atoms with Crippen LogP contribution in [-0.4, -0.2) is 20.4 Å². The molecule has 0 aliphatic rings. The molecule has 0 saturated heterocycles. The largest absolute Gasteiger partial charge is 0.340 e. The SMILES string of the molecule is Cn1c(C(=O)NNc2ncccn2)cc2ccccc21. The summed E-state index contributed by atoms with van der Waals surface area (Å²) in [5, 5.41) is 1.02. The summed E-state index contributed by atoms with van der Waals surface area (Å²) in [6.45, 7) is 0. The molecule has 0 radical (unpaired) electrons. The molecule has 1 aromatic carbocycles. The van der Waals surface area contributed by atoms with E-state index in [0.717, 1.165) is 10.9 Å². The minimum absolute atomic E-state index is 0.240. The number of fused-ring (bicyclic) bond motifs is 1. The van der Waals surface area contributed by atoms with Crippen LogP contribution >= 0.6 is 0 Å². The molecule has 0 spiro atoms. The topological polar surface area (TPSA) is 71.8 Å². The van der Waals surface area contributed by atoms with E-state index in [0.29, 0.717) is 11.6 Å². The van der Waals surface area contributed by atoms with Gasteiger partial charge >= 0.3 is 0 Å². The number of nitrogens with one attached hydrogen (secondary N) is 2. The fourth-order valence-electron chi connectivity index (χ4n) is 2.05. The first-order valence-electron chi connectivity index (χ1n) is 6.13. The van der Waals surface area contributed by atoms with Crippen LogP contribution in [0, 0.1) is 0 Å². The van der Waals surface area contributed by atoms with E-state index in [1.54, 1.807) is 18.5 Å². The van der Waals surface area contributed by atoms with Gasteiger partial charge < -0.3 is 4.57 Å². The van der Waals surface area contributed by atoms with E-state index in [9.17, 15) is 4.79 Å². The average molecular weight is 267 g/mol. The lowest BCUT2D eigenvalue weighted by Crippen LogP contribution is -2.31. The molecular formula is C14H13N5O. The van der Waals surface area contributed by atoms with Gasteiger partial charge in [-0.3, -0.25) is 15.6 Å². The van der Waals surface area contributed by atoms with Crippen molar-refractivity contribution in [3.63, 3.8) is 0 Å². The van der Waals surface area contributed by atoms with Crippen LogP contribution in [-0.2, 0) is 7.05 Å². The van der Waals surface area contributed by atoms with E-state index in [1.807, 2.05) is 41.9 Å². The van der Waals surface area contributed by atoms with Crippen LogP contribution in [0.5, 0.6) is 0 Å². The number of hydrogen-bond acceptors (Lipinski definition) is 4. The molecule has 0 atom stereocenters. The molecule has 6 heteroatoms. The fraction of sp³-hybridized carbons (Fsp3) is 0.0714. The number of rotatable bonds is 3. The Bertz CT molecular complexity index is 751. The van der Waals surface area contributed by atoms with Crippen molar-refractivity contribution in [3.05, 3.63) is 54.5 Å². The third-order valence-corrected chi connectivity index (χ3v) is 3.04. The Labute approximate surface area is 115 Å². The number of benzene rings is 1. The summed E-state index contributed by atoms with van der Waals surface area (Å²) in [7, 11) is 1.86. The van der Waals surface area contributed by atoms with Gasteiger partial charge in [0.1, 0.15) is 5.69 Å². The molecule has 3 rings (SSSR count). The molecule has 3 aromatic rings. The molecule has 6 nitrogen and oxygen atoms in total. The van der Waals surface area contributed by atoms with Crippen molar-refractivity contribution >= 4 is 22.8 Å². The Morgan fingerprint density at radius 1 is 1.15 bits per heavy atom. The van der Waals surface area contributed by atoms with Crippen molar-refractivity contribution in [2.75, 3.05) is 5.43 Å². The first kappa shape index (κ1) is 12.2. The van der Waals surface area contributed by atoms with Crippen LogP contribution in [0.15, 0.2) is 48.8 Å². The maximum atomic E-state index is 12.2. The van der Waals surface area contributed by atoms with Gasteiger partial charge in [-0.25, -0.2) is 9.97 Å². The summed E-state index contributed by atoms with van der Waals surface area (Å²) in [6, 6.07) is 11.4. The van der Waals surface area contributed by atoms with E-state index in [4.69, 9.17) is 0 Å². The number of amides is 1. The van der Waals surface area contributed by atoms with Crippen LogP contribution < -0.4 is 10.9 Å². The molecule has 0 aliphatic heterocycles. The highest BCUT2D eigenvalue weighted by Gasteiger charge is 2.12. The summed E-state index contributed by atoms with van der Waals surface area (Å²) in [4.78, 5) is 20.1. The first-order valence-corrected chi connectivity index (χ1v) is 6.13. The Balaban J connectivity index is 1.81. The second-order valence-corrected chi connectivity index (χ2v) is 4.30. The van der Waals surface area contributed by atoms with Gasteiger partial charge in [-0.2, -0.15) is 0 Å². The van der Waals surface area contributed by atoms with Crippen LogP contribution in [0.4, 0.5) is 5.95 Å². The molecule has 0 unspecified atom stereocenters. The molecule has 20 heavy (non-hydrogen) atoms. The predicted molar refractivity (Wildman–Crippen MR) is 76.0 cm³/mol. The molecular weight excluding hydrogens is 254 g/mol. The normalized spacial score (nSPS) is 10.4. The quantitative estimate of drug-likeness (QED) is 0.709. The Morgan fingerprint density at radius 3 is 2.65 bits per heavy atom. The molecule has 1 amide bonds. The van der Waals surface area contributed by atoms with Gasteiger partial charge in [-0.05, 0) is 18.2 Å². The summed E-state index contributed by atoms with van der Waals surface area (Å²) >= 11 is 0. The molecule has 100 valence electrons. The minimum atomic E-state index is -0.240. The van der Waals surface area contributed by atoms with Crippen molar-refractivity contribution in [1.29, 1.82) is 0 Å². The number of nitrogens with zero attached hydrogens (tertiary/aromatic N) is 3. The zero-order valence-corrected chi connectivity index (χ0v) is 10.9. The average Bonchev–Trinajstić information content (AvgIpc) is 2.84. The van der Waals surface area contributed by atoms with Gasteiger partial charge in [0.05, 0.1) is 0 Å². The van der Waals surface area contributed by atoms with Crippen molar-refractivity contribution in [3.8, 4) is 0 Å². The van der Waals surface area contributed by atoms with E-state index in [-0.39, 0.29) is 5.91 Å². The maximum absolute atomic E-state index is 12.2. The fourth-order valence-corrected chi connectivity index (χ4v) is 2.05. The predicted octanol–water partition coefficient (Wildman–Crippen LogP) is 1.73. The van der Waals surface area contributed by atoms with Crippen molar-refractivity contribution in [2.45, 2.75) is 0 Å². The highest BCUT2D eigenvalue weighted by molar-refractivity contribution is 5.99. The van der Waals surface area contributed by atoms with E-state index in [2.05, 4.69) is 20.8 Å². The Kier molecular flexibility index (Phi) is 3.04. The number of hydrogen-bond donors (Lipinski definition) is 2. The van der Waals surface area contributed by atoms with E-state index < -0.39 is 0 Å². The number of carbonyl (C=O) groups is 1. The van der Waals surface area contributed by atoms with Crippen LogP contribution in [0.1, 0.15) is 10.5 Å². The van der Waals surface area contributed by atoms with E-state index >= 15 is 0 Å². The van der Waals surface area contributed by atoms with Crippen molar-refractivity contribution in [1.82, 2.24) is 20.0 Å². The molecule has 0 bridgehead atoms. The Hall–Kier alpha value is -2.89. The maximum Gasteiger partial charge on any atom is 0.286 e. The highest BCUT2D eigenvalue weighted by Crippen LogP contribution is 2.17. The van der Waals surface area contributed by atoms with Gasteiger partial charge in [-0.15, -0.1) is 0 Å². The number of anilines is 1. The number of carbonyl (C=O) groups excluding carboxylic acids is 1. The van der Waals surface area contributed by atoms with Crippen LogP contribution in [0.2, 0.25) is 0 Å². The third kappa shape index (κ3) is 2.18. The molecule has 0 saturated carbocycles. The second-order valence-electron chi connectivity index (χ2n) is 4.30. The zero-order valence-electron chi connectivity index (χ0n) is 10.9. The number of aryl methyl sites for hydroxylation is 1. The van der Waals surface area contributed by atoms with Crippen LogP contribution in [0.3, 0.4) is 0 Å². The monoisotopic (exact) mass is 267 g/mol. The lowest BCUT2D eigenvalue weighted by Gasteiger charge is -2.07. The van der Waals surface area contributed by atoms with Crippen molar-refractivity contribution in [2.24, 2.45) is 7.05 Å². The number of aromatic nitrogens is 3. The number of hydrazine groups is 1. The lowest BCUT2D eigenvalue weighted by atomic mass is 10.2. The molecule has 2 heterocycles. The van der Waals surface area contributed by atoms with Gasteiger partial charge in [0, 0.05) is 30.3 Å². The minimum Gasteiger partial charge on any atom is -0.340 e. The summed E-state index contributed by atoms with van der Waals surface area (Å²) in [5.41, 5.74) is 6.83. The summed E-state index contributed by atoms with van der Waals surface area (Å²) < 4.78 is 1.85. The zero-order chi connectivity index (χ0) is 13.9. The van der Waals surface area contributed by atoms with Gasteiger partial charge in [0.25, 0.3) is 5.91 Å².